The van der Waals surface area contributed by atoms with E-state index in [1.165, 1.54) is 44.2 Å². The van der Waals surface area contributed by atoms with E-state index in [9.17, 15) is 0 Å². The monoisotopic (exact) mass is 221 g/mol. The highest BCUT2D eigenvalue weighted by atomic mass is 15.3. The van der Waals surface area contributed by atoms with Gasteiger partial charge in [0.2, 0.25) is 0 Å². The highest BCUT2D eigenvalue weighted by Gasteiger charge is 2.17. The number of hydrogen-bond acceptors (Lipinski definition) is 2. The van der Waals surface area contributed by atoms with Gasteiger partial charge in [-0.3, -0.25) is 4.68 Å². The number of hydrogen-bond donors (Lipinski definition) is 1. The maximum absolute atomic E-state index is 5.67. The Bertz CT molecular complexity index is 322. The number of aromatic nitrogens is 2. The van der Waals surface area contributed by atoms with Gasteiger partial charge in [-0.1, -0.05) is 32.6 Å². The third-order valence-electron chi connectivity index (χ3n) is 3.61. The Kier molecular flexibility index (Phi) is 3.99. The van der Waals surface area contributed by atoms with Crippen LogP contribution in [0.15, 0.2) is 6.07 Å². The summed E-state index contributed by atoms with van der Waals surface area (Å²) in [6, 6.07) is 2.79. The first-order valence-corrected chi connectivity index (χ1v) is 6.62. The number of nitrogens with zero attached hydrogens (tertiary/aromatic N) is 2. The summed E-state index contributed by atoms with van der Waals surface area (Å²) in [5, 5.41) is 4.66. The van der Waals surface area contributed by atoms with Crippen LogP contribution in [0.1, 0.15) is 62.9 Å². The third kappa shape index (κ3) is 2.46. The van der Waals surface area contributed by atoms with E-state index in [-0.39, 0.29) is 0 Å². The van der Waals surface area contributed by atoms with Crippen LogP contribution in [-0.4, -0.2) is 9.78 Å². The van der Waals surface area contributed by atoms with E-state index in [2.05, 4.69) is 22.8 Å². The minimum absolute atomic E-state index is 0.562. The van der Waals surface area contributed by atoms with Gasteiger partial charge in [0, 0.05) is 12.2 Å². The Morgan fingerprint density at radius 3 is 2.56 bits per heavy atom. The van der Waals surface area contributed by atoms with Crippen molar-refractivity contribution in [3.63, 3.8) is 0 Å². The average molecular weight is 221 g/mol. The molecule has 16 heavy (non-hydrogen) atoms. The summed E-state index contributed by atoms with van der Waals surface area (Å²) in [4.78, 5) is 0. The molecule has 0 aliphatic heterocycles. The Balaban J connectivity index is 2.19. The van der Waals surface area contributed by atoms with E-state index in [1.807, 2.05) is 0 Å². The summed E-state index contributed by atoms with van der Waals surface area (Å²) >= 11 is 0. The summed E-state index contributed by atoms with van der Waals surface area (Å²) < 4.78 is 2.26. The molecule has 1 saturated carbocycles. The van der Waals surface area contributed by atoms with Crippen LogP contribution in [0.4, 0.5) is 0 Å². The van der Waals surface area contributed by atoms with Gasteiger partial charge in [0.1, 0.15) is 0 Å². The Labute approximate surface area is 98.0 Å². The molecule has 1 aromatic heterocycles. The number of aryl methyl sites for hydroxylation is 1. The lowest BCUT2D eigenvalue weighted by Gasteiger charge is -2.17. The quantitative estimate of drug-likeness (QED) is 0.798. The van der Waals surface area contributed by atoms with Crippen LogP contribution in [0.3, 0.4) is 0 Å². The van der Waals surface area contributed by atoms with E-state index in [4.69, 9.17) is 5.73 Å². The predicted molar refractivity (Wildman–Crippen MR) is 66.2 cm³/mol. The molecule has 1 heterocycles. The zero-order valence-electron chi connectivity index (χ0n) is 10.3. The second kappa shape index (κ2) is 5.48. The first-order chi connectivity index (χ1) is 7.85. The minimum atomic E-state index is 0.562. The molecule has 3 nitrogen and oxygen atoms in total. The predicted octanol–water partition coefficient (Wildman–Crippen LogP) is 2.80. The van der Waals surface area contributed by atoms with Gasteiger partial charge < -0.3 is 5.73 Å². The molecule has 1 aliphatic rings. The van der Waals surface area contributed by atoms with Crippen molar-refractivity contribution in [2.24, 2.45) is 5.73 Å². The highest BCUT2D eigenvalue weighted by molar-refractivity contribution is 5.11. The fourth-order valence-corrected chi connectivity index (χ4v) is 2.67. The van der Waals surface area contributed by atoms with Gasteiger partial charge >= 0.3 is 0 Å². The SMILES string of the molecule is CCc1cc(CN)nn1C1CCCCCC1. The van der Waals surface area contributed by atoms with E-state index in [1.54, 1.807) is 0 Å². The second-order valence-corrected chi connectivity index (χ2v) is 4.77. The molecule has 1 fully saturated rings. The van der Waals surface area contributed by atoms with Gasteiger partial charge in [-0.25, -0.2) is 0 Å². The zero-order chi connectivity index (χ0) is 11.4. The molecule has 3 heteroatoms. The van der Waals surface area contributed by atoms with E-state index in [0.717, 1.165) is 12.1 Å². The lowest BCUT2D eigenvalue weighted by Crippen LogP contribution is -2.13. The van der Waals surface area contributed by atoms with Crippen molar-refractivity contribution in [1.29, 1.82) is 0 Å². The van der Waals surface area contributed by atoms with Crippen molar-refractivity contribution in [2.75, 3.05) is 0 Å². The Morgan fingerprint density at radius 1 is 1.31 bits per heavy atom. The topological polar surface area (TPSA) is 43.8 Å². The summed E-state index contributed by atoms with van der Waals surface area (Å²) in [5.41, 5.74) is 8.07. The van der Waals surface area contributed by atoms with Crippen LogP contribution < -0.4 is 5.73 Å². The molecule has 2 N–H and O–H groups in total. The highest BCUT2D eigenvalue weighted by Crippen LogP contribution is 2.28. The van der Waals surface area contributed by atoms with Gasteiger partial charge in [0.25, 0.3) is 0 Å². The molecule has 0 amide bonds. The molecule has 1 aromatic rings. The van der Waals surface area contributed by atoms with Crippen molar-refractivity contribution in [3.05, 3.63) is 17.5 Å². The molecule has 90 valence electrons. The normalized spacial score (nSPS) is 18.6. The van der Waals surface area contributed by atoms with Crippen molar-refractivity contribution < 1.29 is 0 Å². The van der Waals surface area contributed by atoms with Crippen LogP contribution in [0, 0.1) is 0 Å². The standard InChI is InChI=1S/C13H23N3/c1-2-12-9-11(10-14)15-16(12)13-7-5-3-4-6-8-13/h9,13H,2-8,10,14H2,1H3. The van der Waals surface area contributed by atoms with Crippen LogP contribution in [0.25, 0.3) is 0 Å². The molecule has 0 spiro atoms. The van der Waals surface area contributed by atoms with Crippen LogP contribution in [-0.2, 0) is 13.0 Å². The van der Waals surface area contributed by atoms with Crippen LogP contribution in [0.5, 0.6) is 0 Å². The Hall–Kier alpha value is -0.830. The second-order valence-electron chi connectivity index (χ2n) is 4.77. The third-order valence-corrected chi connectivity index (χ3v) is 3.61. The summed E-state index contributed by atoms with van der Waals surface area (Å²) in [7, 11) is 0. The van der Waals surface area contributed by atoms with Crippen molar-refractivity contribution in [1.82, 2.24) is 9.78 Å². The van der Waals surface area contributed by atoms with Crippen molar-refractivity contribution in [2.45, 2.75) is 64.5 Å². The maximum atomic E-state index is 5.67. The molecule has 0 radical (unpaired) electrons. The van der Waals surface area contributed by atoms with Gasteiger partial charge in [-0.05, 0) is 25.3 Å². The fourth-order valence-electron chi connectivity index (χ4n) is 2.67. The number of rotatable bonds is 3. The molecule has 0 saturated heterocycles. The molecule has 0 unspecified atom stereocenters. The summed E-state index contributed by atoms with van der Waals surface area (Å²) in [6.07, 6.45) is 9.13. The summed E-state index contributed by atoms with van der Waals surface area (Å²) in [5.74, 6) is 0. The fraction of sp³-hybridized carbons (Fsp3) is 0.769. The molecule has 1 aliphatic carbocycles. The van der Waals surface area contributed by atoms with Gasteiger partial charge in [-0.2, -0.15) is 5.10 Å². The van der Waals surface area contributed by atoms with Gasteiger partial charge in [0.15, 0.2) is 0 Å². The van der Waals surface area contributed by atoms with Crippen LogP contribution >= 0.6 is 0 Å². The van der Waals surface area contributed by atoms with E-state index in [0.29, 0.717) is 12.6 Å². The Morgan fingerprint density at radius 2 is 2.00 bits per heavy atom. The lowest BCUT2D eigenvalue weighted by atomic mass is 10.1. The van der Waals surface area contributed by atoms with Crippen LogP contribution in [0.2, 0.25) is 0 Å². The summed E-state index contributed by atoms with van der Waals surface area (Å²) in [6.45, 7) is 2.76. The largest absolute Gasteiger partial charge is 0.325 e. The molecule has 0 aromatic carbocycles. The zero-order valence-corrected chi connectivity index (χ0v) is 10.3. The van der Waals surface area contributed by atoms with E-state index < -0.39 is 0 Å². The first-order valence-electron chi connectivity index (χ1n) is 6.62. The lowest BCUT2D eigenvalue weighted by molar-refractivity contribution is 0.392. The van der Waals surface area contributed by atoms with Crippen molar-refractivity contribution >= 4 is 0 Å². The molecule has 0 bridgehead atoms. The van der Waals surface area contributed by atoms with Gasteiger partial charge in [-0.15, -0.1) is 0 Å². The minimum Gasteiger partial charge on any atom is -0.325 e. The molecular weight excluding hydrogens is 198 g/mol. The van der Waals surface area contributed by atoms with Crippen molar-refractivity contribution in [3.8, 4) is 0 Å². The molecular formula is C13H23N3. The maximum Gasteiger partial charge on any atom is 0.0763 e. The van der Waals surface area contributed by atoms with Gasteiger partial charge in [0.05, 0.1) is 11.7 Å². The van der Waals surface area contributed by atoms with E-state index >= 15 is 0 Å². The first kappa shape index (κ1) is 11.6. The number of nitrogens with two attached hydrogens (primary N) is 1. The smallest absolute Gasteiger partial charge is 0.0763 e. The molecule has 2 rings (SSSR count). The molecule has 0 atom stereocenters. The average Bonchev–Trinajstić information content (AvgIpc) is 2.55.